The number of nitrogens with zero attached hydrogens (tertiary/aromatic N) is 5. The van der Waals surface area contributed by atoms with Gasteiger partial charge in [-0.25, -0.2) is 14.3 Å². The quantitative estimate of drug-likeness (QED) is 0.462. The molecule has 0 aliphatic carbocycles. The standard InChI is InChI=1S/C23H24N6O3/c1-32-13-12-27(16-19-7-5-10-24-15-19)22(30)25-20-8-4-6-18(14-20)17-29-23(31)28-11-3-2-9-21(28)26-29/h2-11,14-15H,12-13,16-17H2,1H3,(H,25,30). The number of rotatable bonds is 8. The van der Waals surface area contributed by atoms with Gasteiger partial charge in [-0.05, 0) is 41.5 Å². The number of fused-ring (bicyclic) bond motifs is 1. The van der Waals surface area contributed by atoms with E-state index in [0.717, 1.165) is 11.1 Å². The summed E-state index contributed by atoms with van der Waals surface area (Å²) in [6.07, 6.45) is 5.12. The van der Waals surface area contributed by atoms with Gasteiger partial charge < -0.3 is 15.0 Å². The van der Waals surface area contributed by atoms with Crippen LogP contribution < -0.4 is 11.0 Å². The van der Waals surface area contributed by atoms with Crippen molar-refractivity contribution in [3.8, 4) is 0 Å². The molecular formula is C23H24N6O3. The SMILES string of the molecule is COCCN(Cc1cccnc1)C(=O)Nc1cccc(Cn2nc3ccccn3c2=O)c1. The summed E-state index contributed by atoms with van der Waals surface area (Å²) in [6, 6.07) is 16.3. The Balaban J connectivity index is 1.48. The van der Waals surface area contributed by atoms with Gasteiger partial charge in [-0.1, -0.05) is 24.3 Å². The molecule has 3 aromatic heterocycles. The molecule has 1 aromatic carbocycles. The molecule has 9 nitrogen and oxygen atoms in total. The first-order chi connectivity index (χ1) is 15.6. The summed E-state index contributed by atoms with van der Waals surface area (Å²) in [5.41, 5.74) is 2.80. The topological polar surface area (TPSA) is 93.8 Å². The molecule has 32 heavy (non-hydrogen) atoms. The molecule has 0 fully saturated rings. The zero-order valence-corrected chi connectivity index (χ0v) is 17.7. The average Bonchev–Trinajstić information content (AvgIpc) is 3.13. The first-order valence-corrected chi connectivity index (χ1v) is 10.2. The summed E-state index contributed by atoms with van der Waals surface area (Å²) >= 11 is 0. The van der Waals surface area contributed by atoms with E-state index in [1.807, 2.05) is 42.5 Å². The highest BCUT2D eigenvalue weighted by Gasteiger charge is 2.15. The first-order valence-electron chi connectivity index (χ1n) is 10.2. The number of anilines is 1. The molecular weight excluding hydrogens is 408 g/mol. The second kappa shape index (κ2) is 9.88. The molecule has 4 aromatic rings. The third-order valence-corrected chi connectivity index (χ3v) is 4.95. The maximum absolute atomic E-state index is 12.9. The zero-order valence-electron chi connectivity index (χ0n) is 17.7. The Morgan fingerprint density at radius 3 is 2.78 bits per heavy atom. The van der Waals surface area contributed by atoms with Crippen molar-refractivity contribution < 1.29 is 9.53 Å². The first kappa shape index (κ1) is 21.3. The second-order valence-corrected chi connectivity index (χ2v) is 7.28. The molecule has 0 bridgehead atoms. The van der Waals surface area contributed by atoms with Crippen LogP contribution in [0, 0.1) is 0 Å². The molecule has 164 valence electrons. The van der Waals surface area contributed by atoms with Gasteiger partial charge in [0.15, 0.2) is 5.65 Å². The molecule has 1 N–H and O–H groups in total. The summed E-state index contributed by atoms with van der Waals surface area (Å²) < 4.78 is 8.06. The lowest BCUT2D eigenvalue weighted by Crippen LogP contribution is -2.36. The maximum atomic E-state index is 12.9. The van der Waals surface area contributed by atoms with Crippen LogP contribution in [0.2, 0.25) is 0 Å². The van der Waals surface area contributed by atoms with Crippen molar-refractivity contribution in [3.63, 3.8) is 0 Å². The number of urea groups is 1. The number of nitrogens with one attached hydrogen (secondary N) is 1. The Labute approximate surface area is 184 Å². The summed E-state index contributed by atoms with van der Waals surface area (Å²) in [4.78, 5) is 31.2. The largest absolute Gasteiger partial charge is 0.383 e. The fourth-order valence-corrected chi connectivity index (χ4v) is 3.36. The van der Waals surface area contributed by atoms with Crippen LogP contribution in [-0.2, 0) is 17.8 Å². The number of carbonyl (C=O) groups is 1. The van der Waals surface area contributed by atoms with Crippen LogP contribution in [0.5, 0.6) is 0 Å². The van der Waals surface area contributed by atoms with Crippen LogP contribution in [0.1, 0.15) is 11.1 Å². The molecule has 0 saturated heterocycles. The minimum atomic E-state index is -0.243. The van der Waals surface area contributed by atoms with Crippen molar-refractivity contribution >= 4 is 17.4 Å². The summed E-state index contributed by atoms with van der Waals surface area (Å²) in [6.45, 7) is 1.57. The highest BCUT2D eigenvalue weighted by molar-refractivity contribution is 5.89. The molecule has 0 radical (unpaired) electrons. The van der Waals surface area contributed by atoms with Gasteiger partial charge >= 0.3 is 11.7 Å². The van der Waals surface area contributed by atoms with Crippen LogP contribution in [0.3, 0.4) is 0 Å². The molecule has 9 heteroatoms. The molecule has 4 rings (SSSR count). The van der Waals surface area contributed by atoms with Gasteiger partial charge in [0.25, 0.3) is 0 Å². The van der Waals surface area contributed by atoms with Crippen molar-refractivity contribution in [3.05, 3.63) is 94.8 Å². The van der Waals surface area contributed by atoms with Gasteiger partial charge in [-0.15, -0.1) is 5.10 Å². The fraction of sp³-hybridized carbons (Fsp3) is 0.217. The molecule has 0 saturated carbocycles. The number of hydrogen-bond acceptors (Lipinski definition) is 5. The highest BCUT2D eigenvalue weighted by Crippen LogP contribution is 2.13. The molecule has 0 aliphatic heterocycles. The second-order valence-electron chi connectivity index (χ2n) is 7.28. The minimum Gasteiger partial charge on any atom is -0.383 e. The van der Waals surface area contributed by atoms with E-state index in [0.29, 0.717) is 37.6 Å². The van der Waals surface area contributed by atoms with Gasteiger partial charge in [0.05, 0.1) is 13.2 Å². The number of amides is 2. The molecule has 2 amide bonds. The minimum absolute atomic E-state index is 0.211. The lowest BCUT2D eigenvalue weighted by Gasteiger charge is -2.23. The number of hydrogen-bond donors (Lipinski definition) is 1. The van der Waals surface area contributed by atoms with E-state index in [1.54, 1.807) is 42.7 Å². The molecule has 0 unspecified atom stereocenters. The molecule has 0 spiro atoms. The summed E-state index contributed by atoms with van der Waals surface area (Å²) in [5, 5.41) is 7.30. The van der Waals surface area contributed by atoms with E-state index in [1.165, 1.54) is 9.08 Å². The Hall–Kier alpha value is -3.98. The normalized spacial score (nSPS) is 10.9. The number of pyridine rings is 2. The molecule has 0 aliphatic rings. The third kappa shape index (κ3) is 5.01. The van der Waals surface area contributed by atoms with E-state index < -0.39 is 0 Å². The zero-order chi connectivity index (χ0) is 22.3. The van der Waals surface area contributed by atoms with Crippen LogP contribution in [-0.4, -0.2) is 50.4 Å². The number of methoxy groups -OCH3 is 1. The number of carbonyl (C=O) groups excluding carboxylic acids is 1. The average molecular weight is 432 g/mol. The molecule has 3 heterocycles. The van der Waals surface area contributed by atoms with E-state index >= 15 is 0 Å². The van der Waals surface area contributed by atoms with Crippen molar-refractivity contribution in [2.75, 3.05) is 25.6 Å². The van der Waals surface area contributed by atoms with Crippen LogP contribution in [0.15, 0.2) is 78.0 Å². The van der Waals surface area contributed by atoms with Crippen molar-refractivity contribution in [2.24, 2.45) is 0 Å². The Morgan fingerprint density at radius 2 is 2.00 bits per heavy atom. The van der Waals surface area contributed by atoms with Crippen molar-refractivity contribution in [1.29, 1.82) is 0 Å². The fourth-order valence-electron chi connectivity index (χ4n) is 3.36. The lowest BCUT2D eigenvalue weighted by atomic mass is 10.2. The summed E-state index contributed by atoms with van der Waals surface area (Å²) in [7, 11) is 1.60. The predicted molar refractivity (Wildman–Crippen MR) is 121 cm³/mol. The Kier molecular flexibility index (Phi) is 6.57. The van der Waals surface area contributed by atoms with E-state index in [9.17, 15) is 9.59 Å². The predicted octanol–water partition coefficient (Wildman–Crippen LogP) is 2.62. The highest BCUT2D eigenvalue weighted by atomic mass is 16.5. The van der Waals surface area contributed by atoms with Crippen LogP contribution in [0.25, 0.3) is 5.65 Å². The summed E-state index contributed by atoms with van der Waals surface area (Å²) in [5.74, 6) is 0. The Morgan fingerprint density at radius 1 is 1.12 bits per heavy atom. The number of benzene rings is 1. The van der Waals surface area contributed by atoms with Crippen molar-refractivity contribution in [2.45, 2.75) is 13.1 Å². The van der Waals surface area contributed by atoms with E-state index in [4.69, 9.17) is 4.74 Å². The van der Waals surface area contributed by atoms with E-state index in [2.05, 4.69) is 15.4 Å². The number of aromatic nitrogens is 4. The third-order valence-electron chi connectivity index (χ3n) is 4.95. The van der Waals surface area contributed by atoms with Gasteiger partial charge in [0.2, 0.25) is 0 Å². The monoisotopic (exact) mass is 432 g/mol. The smallest absolute Gasteiger partial charge is 0.350 e. The van der Waals surface area contributed by atoms with Gasteiger partial charge in [0, 0.05) is 44.5 Å². The Bertz CT molecular complexity index is 1250. The van der Waals surface area contributed by atoms with Crippen LogP contribution in [0.4, 0.5) is 10.5 Å². The molecule has 0 atom stereocenters. The van der Waals surface area contributed by atoms with Gasteiger partial charge in [-0.2, -0.15) is 0 Å². The van der Waals surface area contributed by atoms with Crippen molar-refractivity contribution in [1.82, 2.24) is 24.1 Å². The van der Waals surface area contributed by atoms with E-state index in [-0.39, 0.29) is 11.7 Å². The number of ether oxygens (including phenoxy) is 1. The lowest BCUT2D eigenvalue weighted by molar-refractivity contribution is 0.153. The maximum Gasteiger partial charge on any atom is 0.350 e. The van der Waals surface area contributed by atoms with Gasteiger partial charge in [0.1, 0.15) is 0 Å². The van der Waals surface area contributed by atoms with Crippen LogP contribution >= 0.6 is 0 Å². The van der Waals surface area contributed by atoms with Gasteiger partial charge in [-0.3, -0.25) is 9.38 Å².